The van der Waals surface area contributed by atoms with Gasteiger partial charge in [-0.05, 0) is 91.4 Å². The molecule has 1 aromatic rings. The summed E-state index contributed by atoms with van der Waals surface area (Å²) in [6.07, 6.45) is 11.0. The molecule has 5 unspecified atom stereocenters. The molecule has 2 N–H and O–H groups in total. The van der Waals surface area contributed by atoms with Gasteiger partial charge in [0.25, 0.3) is 0 Å². The standard InChI is InChI=1S/C26H33FO2/c1-25-11-9-20(28)15-18(25)5-8-21-22(25)10-12-26(2)23(21)14-17(24(26)29)13-16-3-6-19(27)7-4-16/h3-7,13,20-24,28-29H,8-12,14-15H2,1-2H3/b17-13+/t20?,21?,22?,23?,24?,25-,26-/m0/s1. The maximum absolute atomic E-state index is 13.3. The maximum Gasteiger partial charge on any atom is 0.123 e. The lowest BCUT2D eigenvalue weighted by Gasteiger charge is -2.57. The van der Waals surface area contributed by atoms with Gasteiger partial charge in [0.2, 0.25) is 0 Å². The average molecular weight is 397 g/mol. The summed E-state index contributed by atoms with van der Waals surface area (Å²) in [5, 5.41) is 21.5. The Hall–Kier alpha value is -1.45. The highest BCUT2D eigenvalue weighted by Gasteiger charge is 2.59. The Morgan fingerprint density at radius 1 is 1.00 bits per heavy atom. The van der Waals surface area contributed by atoms with Crippen LogP contribution in [-0.2, 0) is 0 Å². The Labute approximate surface area is 173 Å². The number of benzene rings is 1. The van der Waals surface area contributed by atoms with Gasteiger partial charge in [0, 0.05) is 5.41 Å². The van der Waals surface area contributed by atoms with Gasteiger partial charge in [0.15, 0.2) is 0 Å². The molecule has 3 saturated carbocycles. The smallest absolute Gasteiger partial charge is 0.123 e. The van der Waals surface area contributed by atoms with Crippen molar-refractivity contribution in [2.45, 2.75) is 71.0 Å². The predicted octanol–water partition coefficient (Wildman–Crippen LogP) is 5.50. The molecule has 4 aliphatic carbocycles. The predicted molar refractivity (Wildman–Crippen MR) is 113 cm³/mol. The van der Waals surface area contributed by atoms with Crippen molar-refractivity contribution in [1.29, 1.82) is 0 Å². The zero-order chi connectivity index (χ0) is 20.4. The topological polar surface area (TPSA) is 40.5 Å². The van der Waals surface area contributed by atoms with E-state index in [0.29, 0.717) is 17.8 Å². The minimum absolute atomic E-state index is 0.0666. The van der Waals surface area contributed by atoms with Crippen molar-refractivity contribution in [3.63, 3.8) is 0 Å². The first-order chi connectivity index (χ1) is 13.8. The van der Waals surface area contributed by atoms with Crippen molar-refractivity contribution >= 4 is 6.08 Å². The summed E-state index contributed by atoms with van der Waals surface area (Å²) in [5.41, 5.74) is 3.73. The van der Waals surface area contributed by atoms with Crippen molar-refractivity contribution in [3.05, 3.63) is 52.9 Å². The first-order valence-electron chi connectivity index (χ1n) is 11.3. The van der Waals surface area contributed by atoms with Crippen molar-refractivity contribution in [3.8, 4) is 0 Å². The van der Waals surface area contributed by atoms with Gasteiger partial charge in [0.05, 0.1) is 12.2 Å². The summed E-state index contributed by atoms with van der Waals surface area (Å²) in [6, 6.07) is 6.58. The summed E-state index contributed by atoms with van der Waals surface area (Å²) in [6.45, 7) is 4.72. The first kappa shape index (κ1) is 19.5. The van der Waals surface area contributed by atoms with Crippen molar-refractivity contribution in [1.82, 2.24) is 0 Å². The third-order valence-corrected chi connectivity index (χ3v) is 9.17. The molecular weight excluding hydrogens is 363 g/mol. The SMILES string of the molecule is C[C@]12CCC3C(CC=C4CC(O)CC[C@@]43C)C1C/C(=C\c1ccc(F)cc1)C2O. The second-order valence-corrected chi connectivity index (χ2v) is 10.6. The molecule has 3 fully saturated rings. The maximum atomic E-state index is 13.3. The van der Waals surface area contributed by atoms with E-state index in [-0.39, 0.29) is 22.8 Å². The fraction of sp³-hybridized carbons (Fsp3) is 0.615. The second-order valence-electron chi connectivity index (χ2n) is 10.6. The van der Waals surface area contributed by atoms with E-state index in [1.165, 1.54) is 24.1 Å². The Bertz CT molecular complexity index is 856. The van der Waals surface area contributed by atoms with E-state index in [4.69, 9.17) is 0 Å². The third kappa shape index (κ3) is 2.96. The number of aliphatic hydroxyl groups is 2. The van der Waals surface area contributed by atoms with Crippen molar-refractivity contribution in [2.75, 3.05) is 0 Å². The molecule has 29 heavy (non-hydrogen) atoms. The van der Waals surface area contributed by atoms with Gasteiger partial charge >= 0.3 is 0 Å². The lowest BCUT2D eigenvalue weighted by molar-refractivity contribution is -0.0685. The van der Waals surface area contributed by atoms with E-state index < -0.39 is 6.10 Å². The number of hydrogen-bond donors (Lipinski definition) is 2. The molecule has 0 amide bonds. The Morgan fingerprint density at radius 2 is 1.76 bits per heavy atom. The molecular formula is C26H33FO2. The van der Waals surface area contributed by atoms with E-state index >= 15 is 0 Å². The number of allylic oxidation sites excluding steroid dienone is 1. The van der Waals surface area contributed by atoms with Crippen LogP contribution in [0.5, 0.6) is 0 Å². The van der Waals surface area contributed by atoms with Gasteiger partial charge < -0.3 is 10.2 Å². The van der Waals surface area contributed by atoms with Crippen LogP contribution in [0.3, 0.4) is 0 Å². The monoisotopic (exact) mass is 396 g/mol. The molecule has 0 spiro atoms. The average Bonchev–Trinajstić information content (AvgIpc) is 2.95. The van der Waals surface area contributed by atoms with E-state index in [1.807, 2.05) is 0 Å². The molecule has 156 valence electrons. The summed E-state index contributed by atoms with van der Waals surface area (Å²) in [4.78, 5) is 0. The van der Waals surface area contributed by atoms with Crippen LogP contribution in [-0.4, -0.2) is 22.4 Å². The molecule has 0 radical (unpaired) electrons. The lowest BCUT2D eigenvalue weighted by Crippen LogP contribution is -2.51. The molecule has 5 rings (SSSR count). The Morgan fingerprint density at radius 3 is 2.52 bits per heavy atom. The normalized spacial score (nSPS) is 45.3. The molecule has 0 bridgehead atoms. The molecule has 0 aliphatic heterocycles. The summed E-state index contributed by atoms with van der Waals surface area (Å²) in [7, 11) is 0. The van der Waals surface area contributed by atoms with Gasteiger partial charge in [-0.15, -0.1) is 0 Å². The molecule has 0 heterocycles. The van der Waals surface area contributed by atoms with Crippen LogP contribution in [0.25, 0.3) is 6.08 Å². The molecule has 7 atom stereocenters. The second kappa shape index (κ2) is 6.78. The van der Waals surface area contributed by atoms with Crippen LogP contribution in [0, 0.1) is 34.4 Å². The summed E-state index contributed by atoms with van der Waals surface area (Å²) in [5.74, 6) is 1.53. The molecule has 0 saturated heterocycles. The highest BCUT2D eigenvalue weighted by molar-refractivity contribution is 5.55. The summed E-state index contributed by atoms with van der Waals surface area (Å²) < 4.78 is 13.3. The fourth-order valence-electron chi connectivity index (χ4n) is 7.41. The van der Waals surface area contributed by atoms with E-state index in [2.05, 4.69) is 26.0 Å². The van der Waals surface area contributed by atoms with Crippen molar-refractivity contribution < 1.29 is 14.6 Å². The van der Waals surface area contributed by atoms with Crippen LogP contribution in [0.15, 0.2) is 41.5 Å². The van der Waals surface area contributed by atoms with Crippen LogP contribution < -0.4 is 0 Å². The Balaban J connectivity index is 1.46. The zero-order valence-corrected chi connectivity index (χ0v) is 17.6. The number of halogens is 1. The highest BCUT2D eigenvalue weighted by atomic mass is 19.1. The largest absolute Gasteiger partial charge is 0.393 e. The third-order valence-electron chi connectivity index (χ3n) is 9.17. The minimum atomic E-state index is -0.412. The number of rotatable bonds is 1. The van der Waals surface area contributed by atoms with Gasteiger partial charge in [0.1, 0.15) is 5.82 Å². The lowest BCUT2D eigenvalue weighted by atomic mass is 9.48. The van der Waals surface area contributed by atoms with Crippen molar-refractivity contribution in [2.24, 2.45) is 28.6 Å². The number of fused-ring (bicyclic) bond motifs is 5. The van der Waals surface area contributed by atoms with E-state index in [0.717, 1.165) is 49.7 Å². The first-order valence-corrected chi connectivity index (χ1v) is 11.3. The minimum Gasteiger partial charge on any atom is -0.393 e. The Kier molecular flexibility index (Phi) is 4.56. The molecule has 2 nitrogen and oxygen atoms in total. The van der Waals surface area contributed by atoms with E-state index in [1.54, 1.807) is 12.1 Å². The molecule has 0 aromatic heterocycles. The number of aliphatic hydroxyl groups excluding tert-OH is 2. The summed E-state index contributed by atoms with van der Waals surface area (Å²) >= 11 is 0. The van der Waals surface area contributed by atoms with Gasteiger partial charge in [-0.2, -0.15) is 0 Å². The van der Waals surface area contributed by atoms with Crippen LogP contribution >= 0.6 is 0 Å². The van der Waals surface area contributed by atoms with Crippen LogP contribution in [0.4, 0.5) is 4.39 Å². The zero-order valence-electron chi connectivity index (χ0n) is 17.6. The molecule has 1 aromatic carbocycles. The molecule has 4 aliphatic rings. The van der Waals surface area contributed by atoms with Gasteiger partial charge in [-0.1, -0.05) is 43.7 Å². The fourth-order valence-corrected chi connectivity index (χ4v) is 7.41. The van der Waals surface area contributed by atoms with E-state index in [9.17, 15) is 14.6 Å². The van der Waals surface area contributed by atoms with Crippen LogP contribution in [0.1, 0.15) is 64.4 Å². The van der Waals surface area contributed by atoms with Crippen LogP contribution in [0.2, 0.25) is 0 Å². The van der Waals surface area contributed by atoms with Gasteiger partial charge in [-0.3, -0.25) is 0 Å². The quantitative estimate of drug-likeness (QED) is 0.615. The number of hydrogen-bond acceptors (Lipinski definition) is 2. The highest BCUT2D eigenvalue weighted by Crippen LogP contribution is 2.65. The van der Waals surface area contributed by atoms with Gasteiger partial charge in [-0.25, -0.2) is 4.39 Å². The molecule has 3 heteroatoms.